The van der Waals surface area contributed by atoms with E-state index in [4.69, 9.17) is 5.73 Å². The van der Waals surface area contributed by atoms with Crippen LogP contribution in [0.3, 0.4) is 0 Å². The van der Waals surface area contributed by atoms with Crippen molar-refractivity contribution in [2.24, 2.45) is 5.73 Å². The number of benzene rings is 1. The van der Waals surface area contributed by atoms with Crippen molar-refractivity contribution in [2.45, 2.75) is 12.7 Å². The summed E-state index contributed by atoms with van der Waals surface area (Å²) in [7, 11) is 0. The summed E-state index contributed by atoms with van der Waals surface area (Å²) in [5, 5.41) is 2.38. The molecule has 1 heterocycles. The molecule has 11 heteroatoms. The van der Waals surface area contributed by atoms with Gasteiger partial charge in [-0.3, -0.25) is 19.2 Å². The highest BCUT2D eigenvalue weighted by atomic mass is 19.4. The molecule has 2 amide bonds. The van der Waals surface area contributed by atoms with Gasteiger partial charge < -0.3 is 20.4 Å². The predicted molar refractivity (Wildman–Crippen MR) is 90.3 cm³/mol. The third-order valence-electron chi connectivity index (χ3n) is 3.43. The fourth-order valence-electron chi connectivity index (χ4n) is 2.07. The van der Waals surface area contributed by atoms with Crippen molar-refractivity contribution in [1.29, 1.82) is 0 Å². The smallest absolute Gasteiger partial charge is 0.417 e. The van der Waals surface area contributed by atoms with E-state index in [0.29, 0.717) is 28.6 Å². The number of amides is 2. The van der Waals surface area contributed by atoms with Crippen LogP contribution in [0.5, 0.6) is 0 Å². The Morgan fingerprint density at radius 1 is 1.07 bits per heavy atom. The summed E-state index contributed by atoms with van der Waals surface area (Å²) in [5.74, 6) is -2.44. The number of esters is 1. The second-order valence-electron chi connectivity index (χ2n) is 5.53. The van der Waals surface area contributed by atoms with Gasteiger partial charge >= 0.3 is 12.1 Å². The molecule has 0 aliphatic rings. The molecule has 0 aliphatic carbocycles. The molecule has 28 heavy (non-hydrogen) atoms. The van der Waals surface area contributed by atoms with Gasteiger partial charge in [-0.2, -0.15) is 13.2 Å². The van der Waals surface area contributed by atoms with E-state index in [1.807, 2.05) is 0 Å². The normalized spacial score (nSPS) is 11.0. The van der Waals surface area contributed by atoms with Gasteiger partial charge in [0.05, 0.1) is 5.56 Å². The summed E-state index contributed by atoms with van der Waals surface area (Å²) in [6.07, 6.45) is -4.19. The number of carbonyl (C=O) groups excluding carboxylic acids is 3. The fraction of sp³-hybridized carbons (Fsp3) is 0.176. The molecule has 148 valence electrons. The zero-order valence-corrected chi connectivity index (χ0v) is 14.2. The van der Waals surface area contributed by atoms with E-state index in [2.05, 4.69) is 10.1 Å². The van der Waals surface area contributed by atoms with E-state index in [1.165, 1.54) is 24.3 Å². The topological polar surface area (TPSA) is 120 Å². The molecule has 0 spiro atoms. The Morgan fingerprint density at radius 2 is 1.71 bits per heavy atom. The van der Waals surface area contributed by atoms with E-state index in [1.54, 1.807) is 0 Å². The minimum absolute atomic E-state index is 0.232. The summed E-state index contributed by atoms with van der Waals surface area (Å²) in [6.45, 7) is -1.51. The highest BCUT2D eigenvalue weighted by Gasteiger charge is 2.31. The maximum atomic E-state index is 12.7. The number of nitrogens with one attached hydrogen (secondary N) is 1. The van der Waals surface area contributed by atoms with Crippen molar-refractivity contribution in [2.75, 3.05) is 11.9 Å². The molecule has 0 unspecified atom stereocenters. The van der Waals surface area contributed by atoms with Gasteiger partial charge in [0.1, 0.15) is 6.54 Å². The lowest BCUT2D eigenvalue weighted by Gasteiger charge is -2.11. The van der Waals surface area contributed by atoms with Gasteiger partial charge in [0.15, 0.2) is 6.61 Å². The minimum atomic E-state index is -4.68. The van der Waals surface area contributed by atoms with Crippen molar-refractivity contribution in [3.05, 3.63) is 64.1 Å². The molecule has 3 N–H and O–H groups in total. The lowest BCUT2D eigenvalue weighted by atomic mass is 10.2. The average Bonchev–Trinajstić information content (AvgIpc) is 2.61. The summed E-state index contributed by atoms with van der Waals surface area (Å²) < 4.78 is 43.2. The summed E-state index contributed by atoms with van der Waals surface area (Å²) in [4.78, 5) is 46.0. The zero-order chi connectivity index (χ0) is 20.9. The quantitative estimate of drug-likeness (QED) is 0.709. The van der Waals surface area contributed by atoms with Crippen LogP contribution in [0.1, 0.15) is 15.9 Å². The molecule has 0 bridgehead atoms. The molecule has 0 saturated heterocycles. The average molecular weight is 397 g/mol. The number of rotatable bonds is 6. The first kappa shape index (κ1) is 20.7. The first-order valence-electron chi connectivity index (χ1n) is 7.69. The number of nitrogens with two attached hydrogens (primary N) is 1. The van der Waals surface area contributed by atoms with Gasteiger partial charge in [-0.25, -0.2) is 0 Å². The second-order valence-corrected chi connectivity index (χ2v) is 5.53. The Kier molecular flexibility index (Phi) is 6.18. The van der Waals surface area contributed by atoms with Crippen LogP contribution in [-0.4, -0.2) is 29.0 Å². The van der Waals surface area contributed by atoms with Crippen molar-refractivity contribution >= 4 is 23.5 Å². The number of pyridine rings is 1. The van der Waals surface area contributed by atoms with E-state index >= 15 is 0 Å². The van der Waals surface area contributed by atoms with E-state index in [-0.39, 0.29) is 5.56 Å². The lowest BCUT2D eigenvalue weighted by Crippen LogP contribution is -2.28. The molecule has 0 saturated carbocycles. The number of hydrogen-bond acceptors (Lipinski definition) is 5. The monoisotopic (exact) mass is 397 g/mol. The zero-order valence-electron chi connectivity index (χ0n) is 14.2. The van der Waals surface area contributed by atoms with Crippen molar-refractivity contribution < 1.29 is 32.3 Å². The summed E-state index contributed by atoms with van der Waals surface area (Å²) >= 11 is 0. The largest absolute Gasteiger partial charge is 0.454 e. The molecule has 0 atom stereocenters. The number of hydrogen-bond donors (Lipinski definition) is 2. The molecule has 0 radical (unpaired) electrons. The van der Waals surface area contributed by atoms with E-state index in [0.717, 1.165) is 0 Å². The third kappa shape index (κ3) is 5.69. The fourth-order valence-corrected chi connectivity index (χ4v) is 2.07. The Balaban J connectivity index is 1.91. The number of carbonyl (C=O) groups is 3. The number of alkyl halides is 3. The van der Waals surface area contributed by atoms with Gasteiger partial charge in [-0.15, -0.1) is 0 Å². The Bertz CT molecular complexity index is 952. The number of nitrogens with zero attached hydrogens (tertiary/aromatic N) is 1. The van der Waals surface area contributed by atoms with Gasteiger partial charge in [0, 0.05) is 23.5 Å². The minimum Gasteiger partial charge on any atom is -0.454 e. The maximum absolute atomic E-state index is 12.7. The number of halogens is 3. The first-order valence-corrected chi connectivity index (χ1v) is 7.69. The Hall–Kier alpha value is -3.63. The van der Waals surface area contributed by atoms with Crippen LogP contribution in [0.25, 0.3) is 0 Å². The highest BCUT2D eigenvalue weighted by Crippen LogP contribution is 2.27. The van der Waals surface area contributed by atoms with Crippen LogP contribution in [0.2, 0.25) is 0 Å². The van der Waals surface area contributed by atoms with Crippen LogP contribution >= 0.6 is 0 Å². The second kappa shape index (κ2) is 8.37. The number of ether oxygens (including phenoxy) is 1. The molecule has 2 rings (SSSR count). The summed E-state index contributed by atoms with van der Waals surface area (Å²) in [5.41, 5.74) is 3.69. The van der Waals surface area contributed by atoms with Gasteiger partial charge in [-0.05, 0) is 30.3 Å². The Labute approximate surface area is 155 Å². The van der Waals surface area contributed by atoms with Gasteiger partial charge in [-0.1, -0.05) is 0 Å². The van der Waals surface area contributed by atoms with Gasteiger partial charge in [0.2, 0.25) is 5.91 Å². The SMILES string of the molecule is NC(=O)c1ccc(NC(=O)COC(=O)Cn2cc(C(F)(F)F)ccc2=O)cc1. The van der Waals surface area contributed by atoms with Crippen LogP contribution in [-0.2, 0) is 27.0 Å². The number of aromatic nitrogens is 1. The van der Waals surface area contributed by atoms with Crippen molar-refractivity contribution in [1.82, 2.24) is 4.57 Å². The van der Waals surface area contributed by atoms with E-state index in [9.17, 15) is 32.3 Å². The predicted octanol–water partition coefficient (Wildman–Crippen LogP) is 1.15. The van der Waals surface area contributed by atoms with E-state index < -0.39 is 48.2 Å². The number of primary amides is 1. The molecular weight excluding hydrogens is 383 g/mol. The molecule has 1 aromatic heterocycles. The Morgan fingerprint density at radius 3 is 2.29 bits per heavy atom. The van der Waals surface area contributed by atoms with Crippen molar-refractivity contribution in [3.8, 4) is 0 Å². The van der Waals surface area contributed by atoms with Crippen LogP contribution in [0, 0.1) is 0 Å². The molecule has 8 nitrogen and oxygen atoms in total. The molecule has 0 fully saturated rings. The third-order valence-corrected chi connectivity index (χ3v) is 3.43. The molecule has 2 aromatic rings. The van der Waals surface area contributed by atoms with Crippen LogP contribution in [0.4, 0.5) is 18.9 Å². The standard InChI is InChI=1S/C17H14F3N3O5/c18-17(19,20)11-3-6-14(25)23(7-11)8-15(26)28-9-13(24)22-12-4-1-10(2-5-12)16(21)27/h1-7H,8-9H2,(H2,21,27)(H,22,24). The van der Waals surface area contributed by atoms with Crippen molar-refractivity contribution in [3.63, 3.8) is 0 Å². The lowest BCUT2D eigenvalue weighted by molar-refractivity contribution is -0.148. The van der Waals surface area contributed by atoms with Crippen LogP contribution in [0.15, 0.2) is 47.4 Å². The number of anilines is 1. The molecule has 1 aromatic carbocycles. The molecular formula is C17H14F3N3O5. The maximum Gasteiger partial charge on any atom is 0.417 e. The van der Waals surface area contributed by atoms with Gasteiger partial charge in [0.25, 0.3) is 11.5 Å². The first-order chi connectivity index (χ1) is 13.1. The van der Waals surface area contributed by atoms with Crippen LogP contribution < -0.4 is 16.6 Å². The molecule has 0 aliphatic heterocycles. The summed E-state index contributed by atoms with van der Waals surface area (Å²) in [6, 6.07) is 6.84. The highest BCUT2D eigenvalue weighted by molar-refractivity contribution is 5.95.